The molecule has 0 bridgehead atoms. The van der Waals surface area contributed by atoms with Gasteiger partial charge in [-0.15, -0.1) is 0 Å². The van der Waals surface area contributed by atoms with E-state index in [1.165, 1.54) is 44.9 Å². The third kappa shape index (κ3) is 27.6. The lowest BCUT2D eigenvalue weighted by molar-refractivity contribution is -0.161. The minimum absolute atomic E-state index is 0.204. The summed E-state index contributed by atoms with van der Waals surface area (Å²) in [7, 11) is -4.73. The van der Waals surface area contributed by atoms with E-state index in [9.17, 15) is 14.2 Å². The summed E-state index contributed by atoms with van der Waals surface area (Å²) in [4.78, 5) is 42.2. The highest BCUT2D eigenvalue weighted by atomic mass is 31.2. The molecule has 0 aliphatic carbocycles. The van der Waals surface area contributed by atoms with E-state index in [-0.39, 0.29) is 19.4 Å². The quantitative estimate of drug-likeness (QED) is 0.0492. The lowest BCUT2D eigenvalue weighted by atomic mass is 10.1. The maximum absolute atomic E-state index is 12.2. The Hall–Kier alpha value is -1.21. The molecule has 0 aromatic rings. The lowest BCUT2D eigenvalue weighted by Crippen LogP contribution is -2.29. The molecule has 0 heterocycles. The second-order valence-electron chi connectivity index (χ2n) is 9.73. The van der Waals surface area contributed by atoms with Gasteiger partial charge >= 0.3 is 19.8 Å². The summed E-state index contributed by atoms with van der Waals surface area (Å²) in [6.45, 7) is 3.56. The highest BCUT2D eigenvalue weighted by molar-refractivity contribution is 7.46. The van der Waals surface area contributed by atoms with Crippen LogP contribution in [0.25, 0.3) is 0 Å². The Morgan fingerprint density at radius 1 is 0.676 bits per heavy atom. The summed E-state index contributed by atoms with van der Waals surface area (Å²) >= 11 is 0. The average Bonchev–Trinajstić information content (AvgIpc) is 2.85. The predicted molar refractivity (Wildman–Crippen MR) is 147 cm³/mol. The van der Waals surface area contributed by atoms with E-state index < -0.39 is 32.5 Å². The summed E-state index contributed by atoms with van der Waals surface area (Å²) in [6.07, 6.45) is 22.4. The normalized spacial score (nSPS) is 12.6. The summed E-state index contributed by atoms with van der Waals surface area (Å²) in [5.74, 6) is -0.902. The first kappa shape index (κ1) is 35.8. The van der Waals surface area contributed by atoms with E-state index in [0.29, 0.717) is 6.42 Å². The van der Waals surface area contributed by atoms with E-state index in [1.807, 2.05) is 0 Å². The van der Waals surface area contributed by atoms with Crippen LogP contribution >= 0.6 is 7.82 Å². The molecule has 0 aromatic carbocycles. The van der Waals surface area contributed by atoms with Crippen LogP contribution in [0.4, 0.5) is 0 Å². The summed E-state index contributed by atoms with van der Waals surface area (Å²) in [6, 6.07) is 0. The smallest absolute Gasteiger partial charge is 0.462 e. The molecule has 0 aliphatic rings. The van der Waals surface area contributed by atoms with E-state index in [0.717, 1.165) is 57.8 Å². The van der Waals surface area contributed by atoms with E-state index in [1.54, 1.807) is 0 Å². The largest absolute Gasteiger partial charge is 0.469 e. The molecule has 0 saturated carbocycles. The molecule has 0 amide bonds. The lowest BCUT2D eigenvalue weighted by Gasteiger charge is -2.18. The van der Waals surface area contributed by atoms with Crippen molar-refractivity contribution in [2.24, 2.45) is 0 Å². The monoisotopic (exact) mass is 548 g/mol. The van der Waals surface area contributed by atoms with Crippen LogP contribution in [-0.2, 0) is 28.2 Å². The van der Waals surface area contributed by atoms with Crippen molar-refractivity contribution < 1.29 is 37.9 Å². The van der Waals surface area contributed by atoms with Crippen molar-refractivity contribution in [3.8, 4) is 0 Å². The number of allylic oxidation sites excluding steroid dienone is 2. The number of ether oxygens (including phenoxy) is 2. The number of phosphoric ester groups is 1. The number of unbranched alkanes of at least 4 members (excludes halogenated alkanes) is 14. The van der Waals surface area contributed by atoms with Crippen LogP contribution in [0.2, 0.25) is 0 Å². The second kappa shape index (κ2) is 25.1. The third-order valence-electron chi connectivity index (χ3n) is 6.03. The van der Waals surface area contributed by atoms with E-state index >= 15 is 0 Å². The third-order valence-corrected chi connectivity index (χ3v) is 6.52. The van der Waals surface area contributed by atoms with Gasteiger partial charge in [-0.3, -0.25) is 14.1 Å². The Morgan fingerprint density at radius 3 is 1.73 bits per heavy atom. The first-order valence-electron chi connectivity index (χ1n) is 14.5. The SMILES string of the molecule is CCCC/C=C/CCCCCCCC(=O)O[C@H](COC(=O)CCCCCCCCCC)COP(=O)(O)O. The van der Waals surface area contributed by atoms with Crippen molar-refractivity contribution in [3.05, 3.63) is 12.2 Å². The Kier molecular flexibility index (Phi) is 24.3. The van der Waals surface area contributed by atoms with Gasteiger partial charge in [0.05, 0.1) is 6.61 Å². The molecular weight excluding hydrogens is 495 g/mol. The van der Waals surface area contributed by atoms with Crippen molar-refractivity contribution >= 4 is 19.8 Å². The standard InChI is InChI=1S/C28H53O8P/c1-3-5-7-9-11-13-14-15-17-19-21-23-28(30)36-26(25-35-37(31,32)33)24-34-27(29)22-20-18-16-12-10-8-6-4-2/h9,11,26H,3-8,10,12-25H2,1-2H3,(H2,31,32,33)/b11-9+/t26-/m1/s1. The van der Waals surface area contributed by atoms with Gasteiger partial charge in [-0.05, 0) is 32.1 Å². The van der Waals surface area contributed by atoms with Gasteiger partial charge in [0.2, 0.25) is 0 Å². The van der Waals surface area contributed by atoms with Crippen molar-refractivity contribution in [1.29, 1.82) is 0 Å². The highest BCUT2D eigenvalue weighted by Crippen LogP contribution is 2.35. The molecule has 37 heavy (non-hydrogen) atoms. The summed E-state index contributed by atoms with van der Waals surface area (Å²) in [5.41, 5.74) is 0. The molecule has 0 aliphatic heterocycles. The van der Waals surface area contributed by atoms with Gasteiger partial charge in [0, 0.05) is 12.8 Å². The molecule has 0 rings (SSSR count). The van der Waals surface area contributed by atoms with Crippen molar-refractivity contribution in [2.75, 3.05) is 13.2 Å². The summed E-state index contributed by atoms with van der Waals surface area (Å²) < 4.78 is 26.0. The molecule has 1 atom stereocenters. The van der Waals surface area contributed by atoms with Crippen LogP contribution in [0.5, 0.6) is 0 Å². The number of phosphoric acid groups is 1. The Balaban J connectivity index is 4.10. The fourth-order valence-electron chi connectivity index (χ4n) is 3.82. The van der Waals surface area contributed by atoms with Crippen molar-refractivity contribution in [1.82, 2.24) is 0 Å². The number of esters is 2. The van der Waals surface area contributed by atoms with Crippen LogP contribution in [0.1, 0.15) is 136 Å². The fraction of sp³-hybridized carbons (Fsp3) is 0.857. The first-order valence-corrected chi connectivity index (χ1v) is 16.0. The Bertz CT molecular complexity index is 632. The van der Waals surface area contributed by atoms with Crippen LogP contribution in [0.15, 0.2) is 12.2 Å². The molecule has 9 heteroatoms. The number of hydrogen-bond acceptors (Lipinski definition) is 6. The molecule has 8 nitrogen and oxygen atoms in total. The number of carbonyl (C=O) groups is 2. The predicted octanol–water partition coefficient (Wildman–Crippen LogP) is 7.56. The van der Waals surface area contributed by atoms with Gasteiger partial charge in [-0.1, -0.05) is 103 Å². The van der Waals surface area contributed by atoms with Crippen LogP contribution in [0, 0.1) is 0 Å². The second-order valence-corrected chi connectivity index (χ2v) is 11.0. The summed E-state index contributed by atoms with van der Waals surface area (Å²) in [5, 5.41) is 0. The maximum Gasteiger partial charge on any atom is 0.469 e. The number of hydrogen-bond donors (Lipinski definition) is 2. The van der Waals surface area contributed by atoms with Gasteiger partial charge in [0.1, 0.15) is 6.61 Å². The zero-order valence-electron chi connectivity index (χ0n) is 23.4. The van der Waals surface area contributed by atoms with E-state index in [2.05, 4.69) is 30.5 Å². The molecule has 0 fully saturated rings. The first-order chi connectivity index (χ1) is 17.8. The molecule has 0 spiro atoms. The minimum atomic E-state index is -4.73. The molecule has 0 saturated heterocycles. The molecule has 218 valence electrons. The zero-order valence-corrected chi connectivity index (χ0v) is 24.3. The molecule has 0 unspecified atom stereocenters. The fourth-order valence-corrected chi connectivity index (χ4v) is 4.18. The maximum atomic E-state index is 12.2. The zero-order chi connectivity index (χ0) is 27.6. The molecule has 2 N–H and O–H groups in total. The van der Waals surface area contributed by atoms with Crippen LogP contribution in [-0.4, -0.2) is 41.0 Å². The van der Waals surface area contributed by atoms with E-state index in [4.69, 9.17) is 19.3 Å². The average molecular weight is 549 g/mol. The Labute approximate surface area is 225 Å². The van der Waals surface area contributed by atoms with Crippen molar-refractivity contribution in [3.63, 3.8) is 0 Å². The van der Waals surface area contributed by atoms with Crippen LogP contribution in [0.3, 0.4) is 0 Å². The Morgan fingerprint density at radius 2 is 1.16 bits per heavy atom. The molecular formula is C28H53O8P. The van der Waals surface area contributed by atoms with Gasteiger partial charge < -0.3 is 19.3 Å². The van der Waals surface area contributed by atoms with Gasteiger partial charge in [0.15, 0.2) is 6.10 Å². The highest BCUT2D eigenvalue weighted by Gasteiger charge is 2.22. The topological polar surface area (TPSA) is 119 Å². The van der Waals surface area contributed by atoms with Crippen molar-refractivity contribution in [2.45, 2.75) is 142 Å². The van der Waals surface area contributed by atoms with Gasteiger partial charge in [0.25, 0.3) is 0 Å². The minimum Gasteiger partial charge on any atom is -0.462 e. The molecule has 0 aromatic heterocycles. The van der Waals surface area contributed by atoms with Crippen LogP contribution < -0.4 is 0 Å². The van der Waals surface area contributed by atoms with Gasteiger partial charge in [-0.25, -0.2) is 4.57 Å². The van der Waals surface area contributed by atoms with Gasteiger partial charge in [-0.2, -0.15) is 0 Å². The molecule has 0 radical (unpaired) electrons. The number of carbonyl (C=O) groups excluding carboxylic acids is 2. The number of rotatable bonds is 26.